The summed E-state index contributed by atoms with van der Waals surface area (Å²) in [6.07, 6.45) is 1.57. The van der Waals surface area contributed by atoms with Crippen molar-refractivity contribution in [1.29, 1.82) is 0 Å². The number of carbonyl (C=O) groups excluding carboxylic acids is 1. The number of benzene rings is 1. The normalized spacial score (nSPS) is 16.8. The van der Waals surface area contributed by atoms with Gasteiger partial charge in [-0.25, -0.2) is 0 Å². The average Bonchev–Trinajstić information content (AvgIpc) is 3.04. The highest BCUT2D eigenvalue weighted by atomic mass is 79.9. The van der Waals surface area contributed by atoms with Gasteiger partial charge in [0.05, 0.1) is 18.0 Å². The molecular formula is C16H14BrN3O2. The van der Waals surface area contributed by atoms with Gasteiger partial charge in [0.25, 0.3) is 5.91 Å². The van der Waals surface area contributed by atoms with Gasteiger partial charge in [-0.2, -0.15) is 0 Å². The molecule has 1 aliphatic heterocycles. The van der Waals surface area contributed by atoms with Crippen molar-refractivity contribution in [2.45, 2.75) is 19.1 Å². The number of rotatable bonds is 4. The minimum absolute atomic E-state index is 0.181. The van der Waals surface area contributed by atoms with Gasteiger partial charge >= 0.3 is 0 Å². The second-order valence-corrected chi connectivity index (χ2v) is 5.80. The maximum atomic E-state index is 12.1. The van der Waals surface area contributed by atoms with Gasteiger partial charge in [0, 0.05) is 22.7 Å². The summed E-state index contributed by atoms with van der Waals surface area (Å²) < 4.78 is 0.968. The van der Waals surface area contributed by atoms with E-state index in [9.17, 15) is 4.79 Å². The predicted octanol–water partition coefficient (Wildman–Crippen LogP) is 2.65. The molecule has 1 atom stereocenters. The highest BCUT2D eigenvalue weighted by Crippen LogP contribution is 2.19. The first-order valence-corrected chi connectivity index (χ1v) is 7.68. The number of hydrogen-bond donors (Lipinski definition) is 1. The van der Waals surface area contributed by atoms with Crippen molar-refractivity contribution in [2.75, 3.05) is 0 Å². The van der Waals surface area contributed by atoms with Crippen LogP contribution in [0, 0.1) is 0 Å². The number of nitrogens with one attached hydrogen (secondary N) is 1. The van der Waals surface area contributed by atoms with Crippen molar-refractivity contribution in [1.82, 2.24) is 10.3 Å². The van der Waals surface area contributed by atoms with Crippen LogP contribution in [0.25, 0.3) is 0 Å². The molecule has 22 heavy (non-hydrogen) atoms. The minimum atomic E-state index is -0.585. The summed E-state index contributed by atoms with van der Waals surface area (Å²) >= 11 is 3.42. The topological polar surface area (TPSA) is 63.6 Å². The molecule has 1 aromatic carbocycles. The predicted molar refractivity (Wildman–Crippen MR) is 86.3 cm³/mol. The Bertz CT molecular complexity index is 704. The van der Waals surface area contributed by atoms with Gasteiger partial charge in [0.2, 0.25) is 6.10 Å². The monoisotopic (exact) mass is 359 g/mol. The van der Waals surface area contributed by atoms with Crippen molar-refractivity contribution in [3.05, 3.63) is 64.4 Å². The molecule has 2 heterocycles. The van der Waals surface area contributed by atoms with Crippen LogP contribution in [-0.2, 0) is 16.2 Å². The molecule has 0 bridgehead atoms. The van der Waals surface area contributed by atoms with Crippen molar-refractivity contribution < 1.29 is 9.63 Å². The van der Waals surface area contributed by atoms with E-state index >= 15 is 0 Å². The van der Waals surface area contributed by atoms with Crippen molar-refractivity contribution >= 4 is 27.5 Å². The van der Waals surface area contributed by atoms with E-state index in [0.29, 0.717) is 13.0 Å². The summed E-state index contributed by atoms with van der Waals surface area (Å²) in [7, 11) is 0. The Balaban J connectivity index is 1.56. The van der Waals surface area contributed by atoms with E-state index in [4.69, 9.17) is 4.84 Å². The number of pyridine rings is 1. The molecule has 1 aliphatic rings. The van der Waals surface area contributed by atoms with Crippen LogP contribution in [0.1, 0.15) is 17.7 Å². The summed E-state index contributed by atoms with van der Waals surface area (Å²) in [6, 6.07) is 13.3. The average molecular weight is 360 g/mol. The van der Waals surface area contributed by atoms with Gasteiger partial charge in [-0.05, 0) is 24.3 Å². The number of nitrogens with zero attached hydrogens (tertiary/aromatic N) is 2. The fourth-order valence-electron chi connectivity index (χ4n) is 2.15. The van der Waals surface area contributed by atoms with E-state index in [2.05, 4.69) is 31.4 Å². The highest BCUT2D eigenvalue weighted by molar-refractivity contribution is 9.10. The number of hydrogen-bond acceptors (Lipinski definition) is 4. The third kappa shape index (κ3) is 3.51. The third-order valence-electron chi connectivity index (χ3n) is 3.29. The van der Waals surface area contributed by atoms with E-state index in [0.717, 1.165) is 21.4 Å². The summed E-state index contributed by atoms with van der Waals surface area (Å²) in [5.41, 5.74) is 2.54. The Morgan fingerprint density at radius 3 is 3.00 bits per heavy atom. The van der Waals surface area contributed by atoms with Crippen molar-refractivity contribution in [3.8, 4) is 0 Å². The van der Waals surface area contributed by atoms with Crippen LogP contribution in [0.15, 0.2) is 58.3 Å². The zero-order valence-corrected chi connectivity index (χ0v) is 13.3. The molecule has 112 valence electrons. The second-order valence-electron chi connectivity index (χ2n) is 4.89. The summed E-state index contributed by atoms with van der Waals surface area (Å²) in [6.45, 7) is 0.381. The summed E-state index contributed by atoms with van der Waals surface area (Å²) in [4.78, 5) is 21.5. The Morgan fingerprint density at radius 1 is 1.32 bits per heavy atom. The van der Waals surface area contributed by atoms with Gasteiger partial charge in [-0.3, -0.25) is 9.78 Å². The Hall–Kier alpha value is -2.21. The van der Waals surface area contributed by atoms with Crippen LogP contribution >= 0.6 is 15.9 Å². The first kappa shape index (κ1) is 14.7. The molecule has 0 radical (unpaired) electrons. The molecule has 1 N–H and O–H groups in total. The lowest BCUT2D eigenvalue weighted by molar-refractivity contribution is -0.131. The van der Waals surface area contributed by atoms with E-state index in [-0.39, 0.29) is 5.91 Å². The molecule has 0 saturated carbocycles. The van der Waals surface area contributed by atoms with Crippen LogP contribution in [0.2, 0.25) is 0 Å². The lowest BCUT2D eigenvalue weighted by Crippen LogP contribution is -2.34. The fraction of sp³-hybridized carbons (Fsp3) is 0.188. The first-order valence-electron chi connectivity index (χ1n) is 6.88. The smallest absolute Gasteiger partial charge is 0.264 e. The van der Waals surface area contributed by atoms with Crippen LogP contribution < -0.4 is 5.32 Å². The van der Waals surface area contributed by atoms with Crippen molar-refractivity contribution in [3.63, 3.8) is 0 Å². The molecule has 1 amide bonds. The van der Waals surface area contributed by atoms with E-state index in [1.165, 1.54) is 0 Å². The summed E-state index contributed by atoms with van der Waals surface area (Å²) in [5, 5.41) is 6.84. The molecule has 0 saturated heterocycles. The standard InChI is InChI=1S/C16H14BrN3O2/c17-12-5-3-4-11(8-12)14-9-15(22-20-14)16(21)19-10-13-6-1-2-7-18-13/h1-8,15H,9-10H2,(H,19,21). The SMILES string of the molecule is O=C(NCc1ccccn1)C1CC(c2cccc(Br)c2)=NO1. The van der Waals surface area contributed by atoms with Crippen LogP contribution in [0.3, 0.4) is 0 Å². The van der Waals surface area contributed by atoms with Crippen LogP contribution in [-0.4, -0.2) is 22.7 Å². The Labute approximate surface area is 136 Å². The maximum absolute atomic E-state index is 12.1. The zero-order chi connectivity index (χ0) is 15.4. The van der Waals surface area contributed by atoms with Gasteiger partial charge in [0.1, 0.15) is 0 Å². The first-order chi connectivity index (χ1) is 10.7. The van der Waals surface area contributed by atoms with E-state index in [1.54, 1.807) is 6.20 Å². The summed E-state index contributed by atoms with van der Waals surface area (Å²) in [5.74, 6) is -0.181. The third-order valence-corrected chi connectivity index (χ3v) is 3.78. The second kappa shape index (κ2) is 6.70. The largest absolute Gasteiger partial charge is 0.382 e. The van der Waals surface area contributed by atoms with Gasteiger partial charge in [-0.1, -0.05) is 39.3 Å². The zero-order valence-electron chi connectivity index (χ0n) is 11.7. The minimum Gasteiger partial charge on any atom is -0.382 e. The lowest BCUT2D eigenvalue weighted by Gasteiger charge is -2.09. The number of aromatic nitrogens is 1. The fourth-order valence-corrected chi connectivity index (χ4v) is 2.55. The molecule has 0 spiro atoms. The molecular weight excluding hydrogens is 346 g/mol. The number of carbonyl (C=O) groups is 1. The quantitative estimate of drug-likeness (QED) is 0.912. The molecule has 0 fully saturated rings. The highest BCUT2D eigenvalue weighted by Gasteiger charge is 2.28. The lowest BCUT2D eigenvalue weighted by atomic mass is 10.0. The van der Waals surface area contributed by atoms with Gasteiger partial charge in [-0.15, -0.1) is 0 Å². The van der Waals surface area contributed by atoms with E-state index < -0.39 is 6.10 Å². The molecule has 1 aromatic heterocycles. The molecule has 3 rings (SSSR count). The van der Waals surface area contributed by atoms with Gasteiger partial charge in [0.15, 0.2) is 0 Å². The van der Waals surface area contributed by atoms with Crippen molar-refractivity contribution in [2.24, 2.45) is 5.16 Å². The molecule has 5 nitrogen and oxygen atoms in total. The Kier molecular flexibility index (Phi) is 4.48. The van der Waals surface area contributed by atoms with Crippen LogP contribution in [0.4, 0.5) is 0 Å². The molecule has 1 unspecified atom stereocenters. The maximum Gasteiger partial charge on any atom is 0.264 e. The Morgan fingerprint density at radius 2 is 2.23 bits per heavy atom. The molecule has 0 aliphatic carbocycles. The number of halogens is 1. The molecule has 6 heteroatoms. The van der Waals surface area contributed by atoms with E-state index in [1.807, 2.05) is 42.5 Å². The number of oxime groups is 1. The van der Waals surface area contributed by atoms with Gasteiger partial charge < -0.3 is 10.2 Å². The number of amides is 1. The van der Waals surface area contributed by atoms with Crippen LogP contribution in [0.5, 0.6) is 0 Å². The molecule has 2 aromatic rings.